The number of anilines is 1. The Bertz CT molecular complexity index is 516. The van der Waals surface area contributed by atoms with Crippen LogP contribution in [-0.2, 0) is 19.6 Å². The number of primary sulfonamides is 1. The summed E-state index contributed by atoms with van der Waals surface area (Å²) < 4.78 is 27.5. The molecule has 0 aliphatic heterocycles. The second-order valence-corrected chi connectivity index (χ2v) is 5.02. The van der Waals surface area contributed by atoms with Gasteiger partial charge in [-0.05, 0) is 12.1 Å². The number of hydrogen-bond acceptors (Lipinski definition) is 5. The first-order valence-corrected chi connectivity index (χ1v) is 6.67. The summed E-state index contributed by atoms with van der Waals surface area (Å²) in [6.45, 7) is 0.389. The van der Waals surface area contributed by atoms with Crippen molar-refractivity contribution < 1.29 is 17.9 Å². The van der Waals surface area contributed by atoms with Gasteiger partial charge in [0.05, 0.1) is 12.3 Å². The molecule has 0 atom stereocenters. The van der Waals surface area contributed by atoms with E-state index in [2.05, 4.69) is 5.32 Å². The third-order valence-corrected chi connectivity index (χ3v) is 2.97. The lowest BCUT2D eigenvalue weighted by Gasteiger charge is -2.10. The third kappa shape index (κ3) is 4.70. The predicted octanol–water partition coefficient (Wildman–Crippen LogP) is -0.752. The van der Waals surface area contributed by atoms with E-state index in [4.69, 9.17) is 15.6 Å². The van der Waals surface area contributed by atoms with Crippen LogP contribution >= 0.6 is 0 Å². The lowest BCUT2D eigenvalue weighted by atomic mass is 10.3. The van der Waals surface area contributed by atoms with E-state index in [1.54, 1.807) is 18.2 Å². The Labute approximate surface area is 105 Å². The van der Waals surface area contributed by atoms with Gasteiger partial charge in [0.25, 0.3) is 0 Å². The van der Waals surface area contributed by atoms with Crippen molar-refractivity contribution in [2.24, 2.45) is 10.9 Å². The minimum Gasteiger partial charge on any atom is -0.382 e. The molecule has 1 amide bonds. The molecule has 8 heteroatoms. The van der Waals surface area contributed by atoms with Crippen LogP contribution in [0.3, 0.4) is 0 Å². The zero-order valence-electron chi connectivity index (χ0n) is 9.63. The number of carbonyl (C=O) groups excluding carboxylic acids is 1. The Morgan fingerprint density at radius 2 is 2.00 bits per heavy atom. The number of hydrogen-bond donors (Lipinski definition) is 3. The number of nitrogens with two attached hydrogens (primary N) is 2. The lowest BCUT2D eigenvalue weighted by Crippen LogP contribution is -2.21. The maximum atomic E-state index is 11.3. The molecule has 1 rings (SSSR count). The van der Waals surface area contributed by atoms with Crippen LogP contribution in [0.5, 0.6) is 0 Å². The molecule has 0 heterocycles. The van der Waals surface area contributed by atoms with Crippen molar-refractivity contribution in [3.05, 3.63) is 24.3 Å². The number of nitrogens with one attached hydrogen (secondary N) is 1. The normalized spacial score (nSPS) is 11.2. The van der Waals surface area contributed by atoms with E-state index in [1.165, 1.54) is 6.07 Å². The smallest absolute Gasteiger partial charge is 0.243 e. The summed E-state index contributed by atoms with van der Waals surface area (Å²) in [5, 5.41) is 7.92. The van der Waals surface area contributed by atoms with Crippen molar-refractivity contribution in [1.82, 2.24) is 0 Å². The topological polar surface area (TPSA) is 125 Å². The Morgan fingerprint density at radius 1 is 1.33 bits per heavy atom. The van der Waals surface area contributed by atoms with Gasteiger partial charge in [-0.1, -0.05) is 12.1 Å². The van der Waals surface area contributed by atoms with Gasteiger partial charge in [-0.2, -0.15) is 0 Å². The van der Waals surface area contributed by atoms with Gasteiger partial charge < -0.3 is 15.8 Å². The predicted molar refractivity (Wildman–Crippen MR) is 66.3 cm³/mol. The first kappa shape index (κ1) is 14.4. The number of para-hydroxylation sites is 1. The van der Waals surface area contributed by atoms with E-state index >= 15 is 0 Å². The Kier molecular flexibility index (Phi) is 5.08. The number of primary amides is 1. The van der Waals surface area contributed by atoms with Gasteiger partial charge in [-0.3, -0.25) is 4.79 Å². The van der Waals surface area contributed by atoms with Gasteiger partial charge in [0.15, 0.2) is 0 Å². The Morgan fingerprint density at radius 3 is 2.61 bits per heavy atom. The molecule has 0 saturated carbocycles. The van der Waals surface area contributed by atoms with E-state index in [1.807, 2.05) is 0 Å². The van der Waals surface area contributed by atoms with Gasteiger partial charge >= 0.3 is 0 Å². The quantitative estimate of drug-likeness (QED) is 0.564. The van der Waals surface area contributed by atoms with Gasteiger partial charge in [0, 0.05) is 6.54 Å². The lowest BCUT2D eigenvalue weighted by molar-refractivity contribution is -0.122. The highest BCUT2D eigenvalue weighted by Gasteiger charge is 2.12. The molecule has 0 aliphatic rings. The van der Waals surface area contributed by atoms with Gasteiger partial charge in [-0.15, -0.1) is 0 Å². The molecule has 0 fully saturated rings. The van der Waals surface area contributed by atoms with Crippen LogP contribution in [0.4, 0.5) is 5.69 Å². The fourth-order valence-electron chi connectivity index (χ4n) is 1.29. The molecular formula is C10H15N3O4S. The number of rotatable bonds is 7. The molecule has 1 aromatic carbocycles. The Balaban J connectivity index is 2.55. The van der Waals surface area contributed by atoms with Crippen LogP contribution in [0.1, 0.15) is 0 Å². The summed E-state index contributed by atoms with van der Waals surface area (Å²) in [4.78, 5) is 10.4. The van der Waals surface area contributed by atoms with E-state index in [-0.39, 0.29) is 18.1 Å². The first-order valence-electron chi connectivity index (χ1n) is 5.13. The molecule has 0 spiro atoms. The highest BCUT2D eigenvalue weighted by Crippen LogP contribution is 2.18. The molecule has 100 valence electrons. The first-order chi connectivity index (χ1) is 8.41. The highest BCUT2D eigenvalue weighted by atomic mass is 32.2. The summed E-state index contributed by atoms with van der Waals surface area (Å²) >= 11 is 0. The SMILES string of the molecule is NC(=O)COCCNc1ccccc1S(N)(=O)=O. The van der Waals surface area contributed by atoms with E-state index in [0.717, 1.165) is 0 Å². The van der Waals surface area contributed by atoms with Crippen LogP contribution in [0, 0.1) is 0 Å². The Hall–Kier alpha value is -1.64. The third-order valence-electron chi connectivity index (χ3n) is 2.00. The molecule has 1 aromatic rings. The van der Waals surface area contributed by atoms with Crippen molar-refractivity contribution >= 4 is 21.6 Å². The summed E-state index contributed by atoms with van der Waals surface area (Å²) in [6, 6.07) is 6.26. The molecule has 0 aromatic heterocycles. The molecule has 0 unspecified atom stereocenters. The molecule has 0 aliphatic carbocycles. The van der Waals surface area contributed by atoms with Crippen LogP contribution < -0.4 is 16.2 Å². The maximum Gasteiger partial charge on any atom is 0.243 e. The molecule has 0 saturated heterocycles. The van der Waals surface area contributed by atoms with Crippen molar-refractivity contribution in [2.45, 2.75) is 4.90 Å². The fraction of sp³-hybridized carbons (Fsp3) is 0.300. The van der Waals surface area contributed by atoms with Crippen molar-refractivity contribution in [3.63, 3.8) is 0 Å². The molecule has 5 N–H and O–H groups in total. The number of ether oxygens (including phenoxy) is 1. The summed E-state index contributed by atoms with van der Waals surface area (Å²) in [6.07, 6.45) is 0. The summed E-state index contributed by atoms with van der Waals surface area (Å²) in [5.74, 6) is -0.556. The van der Waals surface area contributed by atoms with Crippen LogP contribution in [-0.4, -0.2) is 34.1 Å². The monoisotopic (exact) mass is 273 g/mol. The second-order valence-electron chi connectivity index (χ2n) is 3.49. The average molecular weight is 273 g/mol. The van der Waals surface area contributed by atoms with Gasteiger partial charge in [0.2, 0.25) is 15.9 Å². The zero-order chi connectivity index (χ0) is 13.6. The van der Waals surface area contributed by atoms with E-state index < -0.39 is 15.9 Å². The molecule has 0 radical (unpaired) electrons. The van der Waals surface area contributed by atoms with Crippen LogP contribution in [0.15, 0.2) is 29.2 Å². The standard InChI is InChI=1S/C10H15N3O4S/c11-10(14)7-17-6-5-13-8-3-1-2-4-9(8)18(12,15)16/h1-4,13H,5-7H2,(H2,11,14)(H2,12,15,16). The minimum atomic E-state index is -3.77. The molecule has 7 nitrogen and oxygen atoms in total. The van der Waals surface area contributed by atoms with Gasteiger partial charge in [-0.25, -0.2) is 13.6 Å². The van der Waals surface area contributed by atoms with Crippen LogP contribution in [0.2, 0.25) is 0 Å². The summed E-state index contributed by atoms with van der Waals surface area (Å²) in [5.41, 5.74) is 5.28. The summed E-state index contributed by atoms with van der Waals surface area (Å²) in [7, 11) is -3.77. The fourth-order valence-corrected chi connectivity index (χ4v) is 2.01. The van der Waals surface area contributed by atoms with Crippen LogP contribution in [0.25, 0.3) is 0 Å². The molecular weight excluding hydrogens is 258 g/mol. The largest absolute Gasteiger partial charge is 0.382 e. The number of benzene rings is 1. The molecule has 18 heavy (non-hydrogen) atoms. The average Bonchev–Trinajstić information content (AvgIpc) is 2.27. The number of amides is 1. The van der Waals surface area contributed by atoms with Crippen molar-refractivity contribution in [2.75, 3.05) is 25.1 Å². The van der Waals surface area contributed by atoms with Crippen molar-refractivity contribution in [3.8, 4) is 0 Å². The minimum absolute atomic E-state index is 0.0138. The maximum absolute atomic E-state index is 11.3. The van der Waals surface area contributed by atoms with Crippen molar-refractivity contribution in [1.29, 1.82) is 0 Å². The highest BCUT2D eigenvalue weighted by molar-refractivity contribution is 7.89. The van der Waals surface area contributed by atoms with E-state index in [9.17, 15) is 13.2 Å². The number of sulfonamides is 1. The van der Waals surface area contributed by atoms with Gasteiger partial charge in [0.1, 0.15) is 11.5 Å². The van der Waals surface area contributed by atoms with E-state index in [0.29, 0.717) is 12.2 Å². The molecule has 0 bridgehead atoms. The second kappa shape index (κ2) is 6.34. The zero-order valence-corrected chi connectivity index (χ0v) is 10.4. The number of carbonyl (C=O) groups is 1.